The van der Waals surface area contributed by atoms with Gasteiger partial charge in [0.15, 0.2) is 5.58 Å². The topological polar surface area (TPSA) is 49.6 Å². The summed E-state index contributed by atoms with van der Waals surface area (Å²) in [5.41, 5.74) is 1.60. The number of amides is 1. The Morgan fingerprint density at radius 3 is 2.80 bits per heavy atom. The first kappa shape index (κ1) is 13.5. The Kier molecular flexibility index (Phi) is 3.93. The van der Waals surface area contributed by atoms with Crippen molar-refractivity contribution in [3.63, 3.8) is 0 Å². The second-order valence-corrected chi connectivity index (χ2v) is 5.85. The average Bonchev–Trinajstić information content (AvgIpc) is 2.88. The van der Waals surface area contributed by atoms with Gasteiger partial charge in [-0.05, 0) is 19.2 Å². The van der Waals surface area contributed by atoms with Crippen LogP contribution in [0.5, 0.6) is 0 Å². The number of piperazine rings is 1. The van der Waals surface area contributed by atoms with E-state index in [9.17, 15) is 4.79 Å². The van der Waals surface area contributed by atoms with E-state index < -0.39 is 0 Å². The molecule has 1 amide bonds. The third kappa shape index (κ3) is 2.96. The standard InChI is InChI=1S/C14H17N3O2S/c1-16-6-8-17(9-7-16)13(18)10-20-14-15-11-4-2-3-5-12(11)19-14/h2-5H,6-10H2,1H3. The van der Waals surface area contributed by atoms with E-state index in [0.717, 1.165) is 37.3 Å². The van der Waals surface area contributed by atoms with Gasteiger partial charge in [0.05, 0.1) is 5.75 Å². The van der Waals surface area contributed by atoms with Gasteiger partial charge in [0.2, 0.25) is 5.91 Å². The maximum absolute atomic E-state index is 12.1. The highest BCUT2D eigenvalue weighted by atomic mass is 32.2. The van der Waals surface area contributed by atoms with Crippen molar-refractivity contribution in [3.8, 4) is 0 Å². The number of likely N-dealkylation sites (N-methyl/N-ethyl adjacent to an activating group) is 1. The van der Waals surface area contributed by atoms with Crippen molar-refractivity contribution in [2.24, 2.45) is 0 Å². The van der Waals surface area contributed by atoms with Crippen LogP contribution in [-0.2, 0) is 4.79 Å². The molecule has 1 saturated heterocycles. The summed E-state index contributed by atoms with van der Waals surface area (Å²) >= 11 is 1.37. The Labute approximate surface area is 121 Å². The number of carbonyl (C=O) groups is 1. The van der Waals surface area contributed by atoms with Crippen LogP contribution in [0.15, 0.2) is 33.9 Å². The van der Waals surface area contributed by atoms with Crippen molar-refractivity contribution in [3.05, 3.63) is 24.3 Å². The van der Waals surface area contributed by atoms with Crippen LogP contribution in [0.3, 0.4) is 0 Å². The predicted octanol–water partition coefficient (Wildman–Crippen LogP) is 1.69. The number of thioether (sulfide) groups is 1. The molecule has 0 unspecified atom stereocenters. The van der Waals surface area contributed by atoms with Gasteiger partial charge in [0.1, 0.15) is 5.52 Å². The maximum atomic E-state index is 12.1. The zero-order chi connectivity index (χ0) is 13.9. The van der Waals surface area contributed by atoms with Crippen LogP contribution in [0.1, 0.15) is 0 Å². The van der Waals surface area contributed by atoms with Gasteiger partial charge in [0, 0.05) is 26.2 Å². The minimum absolute atomic E-state index is 0.158. The lowest BCUT2D eigenvalue weighted by molar-refractivity contribution is -0.129. The average molecular weight is 291 g/mol. The minimum Gasteiger partial charge on any atom is -0.431 e. The largest absolute Gasteiger partial charge is 0.431 e. The van der Waals surface area contributed by atoms with Crippen LogP contribution < -0.4 is 0 Å². The molecule has 1 aliphatic heterocycles. The highest BCUT2D eigenvalue weighted by molar-refractivity contribution is 7.99. The highest BCUT2D eigenvalue weighted by Crippen LogP contribution is 2.23. The van der Waals surface area contributed by atoms with Gasteiger partial charge in [-0.15, -0.1) is 0 Å². The van der Waals surface area contributed by atoms with E-state index in [2.05, 4.69) is 16.9 Å². The third-order valence-electron chi connectivity index (χ3n) is 3.45. The molecule has 20 heavy (non-hydrogen) atoms. The molecule has 1 aromatic heterocycles. The van der Waals surface area contributed by atoms with Crippen molar-refractivity contribution in [2.45, 2.75) is 5.22 Å². The van der Waals surface area contributed by atoms with Crippen LogP contribution in [-0.4, -0.2) is 59.7 Å². The summed E-state index contributed by atoms with van der Waals surface area (Å²) < 4.78 is 5.60. The first-order valence-electron chi connectivity index (χ1n) is 6.67. The SMILES string of the molecule is CN1CCN(C(=O)CSc2nc3ccccc3o2)CC1. The summed E-state index contributed by atoms with van der Waals surface area (Å²) in [6, 6.07) is 7.63. The van der Waals surface area contributed by atoms with E-state index in [4.69, 9.17) is 4.42 Å². The molecule has 2 heterocycles. The quantitative estimate of drug-likeness (QED) is 0.806. The fourth-order valence-electron chi connectivity index (χ4n) is 2.18. The van der Waals surface area contributed by atoms with Crippen molar-refractivity contribution in [2.75, 3.05) is 39.0 Å². The van der Waals surface area contributed by atoms with Crippen LogP contribution in [0.4, 0.5) is 0 Å². The Bertz CT molecular complexity index is 572. The van der Waals surface area contributed by atoms with Gasteiger partial charge in [-0.1, -0.05) is 23.9 Å². The molecule has 5 nitrogen and oxygen atoms in total. The van der Waals surface area contributed by atoms with Gasteiger partial charge in [-0.25, -0.2) is 4.98 Å². The number of oxazole rings is 1. The Morgan fingerprint density at radius 2 is 2.05 bits per heavy atom. The van der Waals surface area contributed by atoms with E-state index >= 15 is 0 Å². The number of carbonyl (C=O) groups excluding carboxylic acids is 1. The van der Waals surface area contributed by atoms with Crippen LogP contribution >= 0.6 is 11.8 Å². The maximum Gasteiger partial charge on any atom is 0.257 e. The lowest BCUT2D eigenvalue weighted by Gasteiger charge is -2.32. The number of hydrogen-bond donors (Lipinski definition) is 0. The number of fused-ring (bicyclic) bond motifs is 1. The van der Waals surface area contributed by atoms with Crippen molar-refractivity contribution in [1.29, 1.82) is 0 Å². The van der Waals surface area contributed by atoms with E-state index in [1.54, 1.807) is 0 Å². The second kappa shape index (κ2) is 5.85. The Morgan fingerprint density at radius 1 is 1.30 bits per heavy atom. The number of aromatic nitrogens is 1. The molecule has 1 fully saturated rings. The van der Waals surface area contributed by atoms with Gasteiger partial charge < -0.3 is 14.2 Å². The molecule has 0 spiro atoms. The normalized spacial score (nSPS) is 16.8. The summed E-state index contributed by atoms with van der Waals surface area (Å²) in [5.74, 6) is 0.543. The molecule has 3 rings (SSSR count). The Balaban J connectivity index is 1.57. The molecule has 0 bridgehead atoms. The number of hydrogen-bond acceptors (Lipinski definition) is 5. The minimum atomic E-state index is 0.158. The van der Waals surface area contributed by atoms with Gasteiger partial charge in [-0.2, -0.15) is 0 Å². The lowest BCUT2D eigenvalue weighted by atomic mass is 10.3. The zero-order valence-corrected chi connectivity index (χ0v) is 12.2. The molecular formula is C14H17N3O2S. The Hall–Kier alpha value is -1.53. The smallest absolute Gasteiger partial charge is 0.257 e. The number of rotatable bonds is 3. The number of nitrogens with zero attached hydrogens (tertiary/aromatic N) is 3. The van der Waals surface area contributed by atoms with E-state index in [-0.39, 0.29) is 5.91 Å². The first-order valence-corrected chi connectivity index (χ1v) is 7.65. The molecule has 6 heteroatoms. The molecule has 1 aromatic carbocycles. The van der Waals surface area contributed by atoms with Crippen LogP contribution in [0, 0.1) is 0 Å². The molecule has 0 radical (unpaired) electrons. The van der Waals surface area contributed by atoms with E-state index in [1.807, 2.05) is 29.2 Å². The summed E-state index contributed by atoms with van der Waals surface area (Å²) in [7, 11) is 2.08. The molecule has 0 saturated carbocycles. The third-order valence-corrected chi connectivity index (χ3v) is 4.26. The van der Waals surface area contributed by atoms with Crippen LogP contribution in [0.25, 0.3) is 11.1 Å². The zero-order valence-electron chi connectivity index (χ0n) is 11.4. The molecular weight excluding hydrogens is 274 g/mol. The highest BCUT2D eigenvalue weighted by Gasteiger charge is 2.19. The molecule has 0 N–H and O–H groups in total. The van der Waals surface area contributed by atoms with Crippen molar-refractivity contribution >= 4 is 28.8 Å². The first-order chi connectivity index (χ1) is 9.72. The predicted molar refractivity (Wildman–Crippen MR) is 78.8 cm³/mol. The summed E-state index contributed by atoms with van der Waals surface area (Å²) in [6.07, 6.45) is 0. The van der Waals surface area contributed by atoms with Crippen molar-refractivity contribution < 1.29 is 9.21 Å². The fourth-order valence-corrected chi connectivity index (χ4v) is 2.92. The van der Waals surface area contributed by atoms with Gasteiger partial charge >= 0.3 is 0 Å². The summed E-state index contributed by atoms with van der Waals surface area (Å²) in [6.45, 7) is 3.51. The van der Waals surface area contributed by atoms with Crippen LogP contribution in [0.2, 0.25) is 0 Å². The lowest BCUT2D eigenvalue weighted by Crippen LogP contribution is -2.47. The molecule has 1 aliphatic rings. The van der Waals surface area contributed by atoms with E-state index in [1.165, 1.54) is 11.8 Å². The number of para-hydroxylation sites is 2. The number of benzene rings is 1. The molecule has 0 aliphatic carbocycles. The van der Waals surface area contributed by atoms with Gasteiger partial charge in [0.25, 0.3) is 5.22 Å². The molecule has 106 valence electrons. The summed E-state index contributed by atoms with van der Waals surface area (Å²) in [4.78, 5) is 20.6. The fraction of sp³-hybridized carbons (Fsp3) is 0.429. The monoisotopic (exact) mass is 291 g/mol. The van der Waals surface area contributed by atoms with E-state index in [0.29, 0.717) is 11.0 Å². The van der Waals surface area contributed by atoms with Crippen molar-refractivity contribution in [1.82, 2.24) is 14.8 Å². The molecule has 2 aromatic rings. The second-order valence-electron chi connectivity index (χ2n) is 4.92. The van der Waals surface area contributed by atoms with Gasteiger partial charge in [-0.3, -0.25) is 4.79 Å². The molecule has 0 atom stereocenters. The summed E-state index contributed by atoms with van der Waals surface area (Å²) in [5, 5.41) is 0.564.